The van der Waals surface area contributed by atoms with Crippen molar-refractivity contribution in [3.8, 4) is 5.88 Å². The van der Waals surface area contributed by atoms with E-state index in [2.05, 4.69) is 10.3 Å². The number of aromatic nitrogens is 1. The van der Waals surface area contributed by atoms with Crippen LogP contribution in [-0.2, 0) is 11.3 Å². The lowest BCUT2D eigenvalue weighted by Gasteiger charge is -2.20. The van der Waals surface area contributed by atoms with Crippen molar-refractivity contribution < 1.29 is 19.4 Å². The van der Waals surface area contributed by atoms with Gasteiger partial charge in [0.2, 0.25) is 5.88 Å². The van der Waals surface area contributed by atoms with Gasteiger partial charge in [0.25, 0.3) is 5.91 Å². The first-order valence-corrected chi connectivity index (χ1v) is 7.86. The third-order valence-electron chi connectivity index (χ3n) is 3.89. The molecule has 2 heterocycles. The van der Waals surface area contributed by atoms with Crippen LogP contribution >= 0.6 is 0 Å². The second-order valence-corrected chi connectivity index (χ2v) is 5.87. The molecule has 6 heteroatoms. The summed E-state index contributed by atoms with van der Waals surface area (Å²) in [6.45, 7) is 1.30. The number of carbonyl (C=O) groups excluding carboxylic acids is 1. The highest BCUT2D eigenvalue weighted by Crippen LogP contribution is 2.17. The summed E-state index contributed by atoms with van der Waals surface area (Å²) in [7, 11) is 0. The molecule has 1 fully saturated rings. The maximum absolute atomic E-state index is 12.2. The monoisotopic (exact) mass is 328 g/mol. The van der Waals surface area contributed by atoms with Gasteiger partial charge < -0.3 is 19.9 Å². The fourth-order valence-electron chi connectivity index (χ4n) is 2.44. The van der Waals surface area contributed by atoms with E-state index in [-0.39, 0.29) is 19.1 Å². The van der Waals surface area contributed by atoms with E-state index in [9.17, 15) is 9.90 Å². The molecule has 1 aromatic heterocycles. The number of ether oxygens (including phenoxy) is 2. The number of nitrogens with zero attached hydrogens (tertiary/aromatic N) is 1. The van der Waals surface area contributed by atoms with Crippen LogP contribution in [0.1, 0.15) is 22.3 Å². The molecule has 0 spiro atoms. The first-order chi connectivity index (χ1) is 11.6. The number of benzene rings is 1. The van der Waals surface area contributed by atoms with Gasteiger partial charge in [-0.05, 0) is 11.6 Å². The molecule has 0 bridgehead atoms. The number of nitrogens with one attached hydrogen (secondary N) is 1. The van der Waals surface area contributed by atoms with Crippen LogP contribution in [-0.4, -0.2) is 41.4 Å². The molecule has 0 radical (unpaired) electrons. The van der Waals surface area contributed by atoms with Gasteiger partial charge in [0.1, 0.15) is 12.2 Å². The molecule has 2 aromatic rings. The lowest BCUT2D eigenvalue weighted by atomic mass is 10.0. The lowest BCUT2D eigenvalue weighted by molar-refractivity contribution is 0.0264. The van der Waals surface area contributed by atoms with E-state index in [1.165, 1.54) is 6.20 Å². The molecular formula is C18H20N2O4. The smallest absolute Gasteiger partial charge is 0.251 e. The predicted molar refractivity (Wildman–Crippen MR) is 87.7 cm³/mol. The largest absolute Gasteiger partial charge is 0.473 e. The third-order valence-corrected chi connectivity index (χ3v) is 3.89. The Morgan fingerprint density at radius 2 is 2.17 bits per heavy atom. The summed E-state index contributed by atoms with van der Waals surface area (Å²) in [6, 6.07) is 12.9. The first kappa shape index (κ1) is 16.4. The zero-order valence-corrected chi connectivity index (χ0v) is 13.3. The highest BCUT2D eigenvalue weighted by molar-refractivity contribution is 5.94. The van der Waals surface area contributed by atoms with Crippen LogP contribution in [0.2, 0.25) is 0 Å². The van der Waals surface area contributed by atoms with Gasteiger partial charge in [0.05, 0.1) is 6.61 Å². The average molecular weight is 328 g/mol. The quantitative estimate of drug-likeness (QED) is 0.841. The number of carbonyl (C=O) groups is 1. The van der Waals surface area contributed by atoms with E-state index < -0.39 is 5.60 Å². The van der Waals surface area contributed by atoms with Gasteiger partial charge in [-0.25, -0.2) is 4.98 Å². The molecule has 1 atom stereocenters. The normalized spacial score (nSPS) is 19.9. The van der Waals surface area contributed by atoms with Gasteiger partial charge in [0, 0.05) is 37.4 Å². The van der Waals surface area contributed by atoms with Crippen molar-refractivity contribution in [2.24, 2.45) is 0 Å². The van der Waals surface area contributed by atoms with Gasteiger partial charge in [-0.1, -0.05) is 30.3 Å². The van der Waals surface area contributed by atoms with Crippen molar-refractivity contribution in [3.63, 3.8) is 0 Å². The molecule has 6 nitrogen and oxygen atoms in total. The molecule has 1 saturated heterocycles. The molecule has 0 unspecified atom stereocenters. The maximum Gasteiger partial charge on any atom is 0.251 e. The minimum atomic E-state index is -0.977. The van der Waals surface area contributed by atoms with Crippen molar-refractivity contribution in [2.45, 2.75) is 18.6 Å². The molecule has 1 aromatic carbocycles. The van der Waals surface area contributed by atoms with Crippen LogP contribution in [0.4, 0.5) is 0 Å². The first-order valence-electron chi connectivity index (χ1n) is 7.86. The summed E-state index contributed by atoms with van der Waals surface area (Å²) in [4.78, 5) is 16.3. The van der Waals surface area contributed by atoms with Crippen LogP contribution in [0.15, 0.2) is 48.7 Å². The number of rotatable bonds is 6. The zero-order valence-electron chi connectivity index (χ0n) is 13.3. The van der Waals surface area contributed by atoms with E-state index >= 15 is 0 Å². The second-order valence-electron chi connectivity index (χ2n) is 5.87. The Hall–Kier alpha value is -2.44. The zero-order chi connectivity index (χ0) is 16.8. The van der Waals surface area contributed by atoms with Crippen molar-refractivity contribution in [2.75, 3.05) is 19.8 Å². The number of pyridine rings is 1. The molecule has 24 heavy (non-hydrogen) atoms. The molecule has 1 amide bonds. The minimum absolute atomic E-state index is 0.161. The van der Waals surface area contributed by atoms with E-state index in [0.29, 0.717) is 31.1 Å². The summed E-state index contributed by atoms with van der Waals surface area (Å²) in [5, 5.41) is 12.9. The highest BCUT2D eigenvalue weighted by Gasteiger charge is 2.32. The SMILES string of the molecule is O=C(NC[C@]1(O)CCOC1)c1ccnc(OCc2ccccc2)c1. The molecular weight excluding hydrogens is 308 g/mol. The van der Waals surface area contributed by atoms with Gasteiger partial charge in [-0.15, -0.1) is 0 Å². The van der Waals surface area contributed by atoms with Crippen LogP contribution in [0.25, 0.3) is 0 Å². The fraction of sp³-hybridized carbons (Fsp3) is 0.333. The summed E-state index contributed by atoms with van der Waals surface area (Å²) in [5.41, 5.74) is 0.489. The predicted octanol–water partition coefficient (Wildman–Crippen LogP) is 1.54. The Kier molecular flexibility index (Phi) is 5.08. The number of amides is 1. The maximum atomic E-state index is 12.2. The van der Waals surface area contributed by atoms with Gasteiger partial charge in [-0.2, -0.15) is 0 Å². The Morgan fingerprint density at radius 3 is 2.92 bits per heavy atom. The molecule has 2 N–H and O–H groups in total. The van der Waals surface area contributed by atoms with Gasteiger partial charge >= 0.3 is 0 Å². The Morgan fingerprint density at radius 1 is 1.33 bits per heavy atom. The van der Waals surface area contributed by atoms with E-state index in [4.69, 9.17) is 9.47 Å². The number of aliphatic hydroxyl groups is 1. The number of hydrogen-bond donors (Lipinski definition) is 2. The van der Waals surface area contributed by atoms with E-state index in [0.717, 1.165) is 5.56 Å². The molecule has 0 aliphatic carbocycles. The van der Waals surface area contributed by atoms with Crippen molar-refractivity contribution in [1.29, 1.82) is 0 Å². The minimum Gasteiger partial charge on any atom is -0.473 e. The Bertz CT molecular complexity index is 684. The third kappa shape index (κ3) is 4.31. The molecule has 0 saturated carbocycles. The Labute approximate surface area is 140 Å². The summed E-state index contributed by atoms with van der Waals surface area (Å²) >= 11 is 0. The summed E-state index contributed by atoms with van der Waals surface area (Å²) < 4.78 is 10.8. The highest BCUT2D eigenvalue weighted by atomic mass is 16.5. The van der Waals surface area contributed by atoms with Crippen molar-refractivity contribution in [1.82, 2.24) is 10.3 Å². The standard InChI is InChI=1S/C18H20N2O4/c21-17(20-12-18(22)7-9-23-13-18)15-6-8-19-16(10-15)24-11-14-4-2-1-3-5-14/h1-6,8,10,22H,7,9,11-13H2,(H,20,21)/t18-/m1/s1. The van der Waals surface area contributed by atoms with E-state index in [1.54, 1.807) is 12.1 Å². The average Bonchev–Trinajstić information content (AvgIpc) is 3.06. The van der Waals surface area contributed by atoms with Gasteiger partial charge in [-0.3, -0.25) is 4.79 Å². The number of hydrogen-bond acceptors (Lipinski definition) is 5. The van der Waals surface area contributed by atoms with Crippen LogP contribution in [0.5, 0.6) is 5.88 Å². The van der Waals surface area contributed by atoms with Crippen molar-refractivity contribution in [3.05, 3.63) is 59.8 Å². The molecule has 1 aliphatic heterocycles. The Balaban J connectivity index is 1.56. The molecule has 126 valence electrons. The van der Waals surface area contributed by atoms with Crippen LogP contribution in [0, 0.1) is 0 Å². The van der Waals surface area contributed by atoms with E-state index in [1.807, 2.05) is 30.3 Å². The fourth-order valence-corrected chi connectivity index (χ4v) is 2.44. The summed E-state index contributed by atoms with van der Waals surface area (Å²) in [5.74, 6) is 0.108. The van der Waals surface area contributed by atoms with Crippen LogP contribution < -0.4 is 10.1 Å². The summed E-state index contributed by atoms with van der Waals surface area (Å²) in [6.07, 6.45) is 2.05. The van der Waals surface area contributed by atoms with Crippen LogP contribution in [0.3, 0.4) is 0 Å². The topological polar surface area (TPSA) is 80.7 Å². The lowest BCUT2D eigenvalue weighted by Crippen LogP contribution is -2.43. The molecule has 1 aliphatic rings. The molecule has 3 rings (SSSR count). The second kappa shape index (κ2) is 7.42. The van der Waals surface area contributed by atoms with Gasteiger partial charge in [0.15, 0.2) is 0 Å². The van der Waals surface area contributed by atoms with Crippen molar-refractivity contribution >= 4 is 5.91 Å².